The Morgan fingerprint density at radius 2 is 2.20 bits per heavy atom. The fourth-order valence-electron chi connectivity index (χ4n) is 0.617. The lowest BCUT2D eigenvalue weighted by atomic mass is 10.2. The van der Waals surface area contributed by atoms with Crippen molar-refractivity contribution in [2.24, 2.45) is 0 Å². The third-order valence-electron chi connectivity index (χ3n) is 1.22. The van der Waals surface area contributed by atoms with Gasteiger partial charge in [-0.25, -0.2) is 0 Å². The van der Waals surface area contributed by atoms with E-state index in [0.29, 0.717) is 5.88 Å². The molecule has 0 heterocycles. The summed E-state index contributed by atoms with van der Waals surface area (Å²) in [6, 6.07) is 0. The minimum atomic E-state index is 0.0125. The van der Waals surface area contributed by atoms with Gasteiger partial charge in [-0.3, -0.25) is 0 Å². The van der Waals surface area contributed by atoms with Gasteiger partial charge < -0.3 is 0 Å². The Morgan fingerprint density at radius 1 is 1.50 bits per heavy atom. The fraction of sp³-hybridized carbons (Fsp3) is 0.750. The van der Waals surface area contributed by atoms with Crippen LogP contribution in [0.3, 0.4) is 0 Å². The summed E-state index contributed by atoms with van der Waals surface area (Å²) in [5.41, 5.74) is 0. The number of allylic oxidation sites excluding steroid dienone is 2. The van der Waals surface area contributed by atoms with E-state index in [1.807, 2.05) is 6.08 Å². The lowest BCUT2D eigenvalue weighted by molar-refractivity contribution is 0.813. The molecule has 0 rings (SSSR count). The lowest BCUT2D eigenvalue weighted by Gasteiger charge is -1.94. The lowest BCUT2D eigenvalue weighted by Crippen LogP contribution is -1.92. The topological polar surface area (TPSA) is 0 Å². The van der Waals surface area contributed by atoms with Crippen LogP contribution in [0.15, 0.2) is 12.2 Å². The summed E-state index contributed by atoms with van der Waals surface area (Å²) in [7, 11) is 0. The fourth-order valence-corrected chi connectivity index (χ4v) is 0.823. The molecular formula is C8H14Cl2. The summed E-state index contributed by atoms with van der Waals surface area (Å²) in [5, 5.41) is 0.0125. The minimum absolute atomic E-state index is 0.0125. The quantitative estimate of drug-likeness (QED) is 0.345. The van der Waals surface area contributed by atoms with Gasteiger partial charge in [-0.2, -0.15) is 0 Å². The molecule has 60 valence electrons. The SMILES string of the molecule is CCCCC=CC(Cl)CCl. The molecule has 0 aromatic heterocycles. The van der Waals surface area contributed by atoms with Crippen LogP contribution in [0.1, 0.15) is 26.2 Å². The van der Waals surface area contributed by atoms with Gasteiger partial charge in [0.15, 0.2) is 0 Å². The van der Waals surface area contributed by atoms with E-state index in [4.69, 9.17) is 23.2 Å². The Labute approximate surface area is 73.2 Å². The van der Waals surface area contributed by atoms with Gasteiger partial charge in [-0.05, 0) is 6.42 Å². The molecule has 0 nitrogen and oxygen atoms in total. The molecule has 0 N–H and O–H groups in total. The summed E-state index contributed by atoms with van der Waals surface area (Å²) in [6.45, 7) is 2.17. The third-order valence-corrected chi connectivity index (χ3v) is 2.01. The van der Waals surface area contributed by atoms with E-state index in [9.17, 15) is 0 Å². The van der Waals surface area contributed by atoms with Crippen molar-refractivity contribution in [3.05, 3.63) is 12.2 Å². The van der Waals surface area contributed by atoms with Gasteiger partial charge in [-0.15, -0.1) is 23.2 Å². The minimum Gasteiger partial charge on any atom is -0.125 e. The highest BCUT2D eigenvalue weighted by molar-refractivity contribution is 6.28. The first-order chi connectivity index (χ1) is 4.81. The second-order valence-corrected chi connectivity index (χ2v) is 3.11. The predicted molar refractivity (Wildman–Crippen MR) is 49.0 cm³/mol. The summed E-state index contributed by atoms with van der Waals surface area (Å²) in [6.07, 6.45) is 7.66. The Morgan fingerprint density at radius 3 is 2.70 bits per heavy atom. The smallest absolute Gasteiger partial charge is 0.0651 e. The highest BCUT2D eigenvalue weighted by Crippen LogP contribution is 2.02. The van der Waals surface area contributed by atoms with E-state index in [2.05, 4.69) is 13.0 Å². The zero-order valence-electron chi connectivity index (χ0n) is 6.32. The van der Waals surface area contributed by atoms with Crippen molar-refractivity contribution >= 4 is 23.2 Å². The molecule has 0 saturated carbocycles. The van der Waals surface area contributed by atoms with Crippen LogP contribution >= 0.6 is 23.2 Å². The Hall–Kier alpha value is 0.320. The summed E-state index contributed by atoms with van der Waals surface area (Å²) in [4.78, 5) is 0. The molecule has 0 spiro atoms. The molecule has 0 fully saturated rings. The van der Waals surface area contributed by atoms with Gasteiger partial charge in [0.05, 0.1) is 5.38 Å². The average Bonchev–Trinajstić information content (AvgIpc) is 1.98. The zero-order chi connectivity index (χ0) is 7.82. The van der Waals surface area contributed by atoms with Crippen molar-refractivity contribution in [3.8, 4) is 0 Å². The number of unbranched alkanes of at least 4 members (excludes halogenated alkanes) is 2. The van der Waals surface area contributed by atoms with Crippen molar-refractivity contribution in [3.63, 3.8) is 0 Å². The highest BCUT2D eigenvalue weighted by atomic mass is 35.5. The maximum absolute atomic E-state index is 5.73. The molecule has 0 aliphatic rings. The Balaban J connectivity index is 3.18. The standard InChI is InChI=1S/C8H14Cl2/c1-2-3-4-5-6-8(10)7-9/h5-6,8H,2-4,7H2,1H3. The number of alkyl halides is 2. The largest absolute Gasteiger partial charge is 0.125 e. The van der Waals surface area contributed by atoms with Crippen LogP contribution < -0.4 is 0 Å². The van der Waals surface area contributed by atoms with E-state index >= 15 is 0 Å². The maximum Gasteiger partial charge on any atom is 0.0651 e. The van der Waals surface area contributed by atoms with Crippen LogP contribution in [-0.4, -0.2) is 11.3 Å². The first kappa shape index (κ1) is 10.3. The predicted octanol–water partition coefficient (Wildman–Crippen LogP) is 3.58. The molecular weight excluding hydrogens is 167 g/mol. The maximum atomic E-state index is 5.73. The number of halogens is 2. The van der Waals surface area contributed by atoms with Gasteiger partial charge in [-0.1, -0.05) is 31.9 Å². The summed E-state index contributed by atoms with van der Waals surface area (Å²) < 4.78 is 0. The van der Waals surface area contributed by atoms with E-state index in [1.165, 1.54) is 12.8 Å². The van der Waals surface area contributed by atoms with Crippen LogP contribution in [0.5, 0.6) is 0 Å². The molecule has 0 aliphatic carbocycles. The molecule has 1 unspecified atom stereocenters. The van der Waals surface area contributed by atoms with E-state index in [-0.39, 0.29) is 5.38 Å². The molecule has 0 saturated heterocycles. The van der Waals surface area contributed by atoms with Crippen molar-refractivity contribution in [1.29, 1.82) is 0 Å². The van der Waals surface area contributed by atoms with Gasteiger partial charge in [0.2, 0.25) is 0 Å². The van der Waals surface area contributed by atoms with Crippen molar-refractivity contribution < 1.29 is 0 Å². The normalized spacial score (nSPS) is 14.3. The monoisotopic (exact) mass is 180 g/mol. The molecule has 1 atom stereocenters. The first-order valence-electron chi connectivity index (χ1n) is 3.68. The molecule has 0 aromatic rings. The molecule has 0 radical (unpaired) electrons. The average molecular weight is 181 g/mol. The second kappa shape index (κ2) is 7.43. The number of hydrogen-bond donors (Lipinski definition) is 0. The van der Waals surface area contributed by atoms with Crippen LogP contribution in [0, 0.1) is 0 Å². The number of hydrogen-bond acceptors (Lipinski definition) is 0. The van der Waals surface area contributed by atoms with Crippen molar-refractivity contribution in [2.45, 2.75) is 31.6 Å². The van der Waals surface area contributed by atoms with E-state index < -0.39 is 0 Å². The Kier molecular flexibility index (Phi) is 7.66. The molecule has 10 heavy (non-hydrogen) atoms. The van der Waals surface area contributed by atoms with Crippen LogP contribution in [0.2, 0.25) is 0 Å². The second-order valence-electron chi connectivity index (χ2n) is 2.24. The third kappa shape index (κ3) is 6.44. The van der Waals surface area contributed by atoms with Crippen LogP contribution in [0.4, 0.5) is 0 Å². The molecule has 2 heteroatoms. The molecule has 0 aliphatic heterocycles. The number of rotatable bonds is 5. The van der Waals surface area contributed by atoms with Crippen molar-refractivity contribution in [1.82, 2.24) is 0 Å². The summed E-state index contributed by atoms with van der Waals surface area (Å²) >= 11 is 11.2. The van der Waals surface area contributed by atoms with Crippen molar-refractivity contribution in [2.75, 3.05) is 5.88 Å². The van der Waals surface area contributed by atoms with E-state index in [1.54, 1.807) is 0 Å². The van der Waals surface area contributed by atoms with Crippen LogP contribution in [-0.2, 0) is 0 Å². The summed E-state index contributed by atoms with van der Waals surface area (Å²) in [5.74, 6) is 0.504. The first-order valence-corrected chi connectivity index (χ1v) is 4.65. The molecule has 0 amide bonds. The van der Waals surface area contributed by atoms with Crippen LogP contribution in [0.25, 0.3) is 0 Å². The van der Waals surface area contributed by atoms with Gasteiger partial charge in [0, 0.05) is 5.88 Å². The van der Waals surface area contributed by atoms with Gasteiger partial charge >= 0.3 is 0 Å². The van der Waals surface area contributed by atoms with Gasteiger partial charge in [0.1, 0.15) is 0 Å². The van der Waals surface area contributed by atoms with Gasteiger partial charge in [0.25, 0.3) is 0 Å². The van der Waals surface area contributed by atoms with E-state index in [0.717, 1.165) is 6.42 Å². The molecule has 0 aromatic carbocycles. The Bertz CT molecular complexity index is 89.3. The highest BCUT2D eigenvalue weighted by Gasteiger charge is 1.92. The molecule has 0 bridgehead atoms. The zero-order valence-corrected chi connectivity index (χ0v) is 7.83.